The van der Waals surface area contributed by atoms with Crippen LogP contribution in [0.4, 0.5) is 10.2 Å². The van der Waals surface area contributed by atoms with Crippen molar-refractivity contribution in [3.05, 3.63) is 48.7 Å². The minimum absolute atomic E-state index is 0.0995. The highest BCUT2D eigenvalue weighted by Gasteiger charge is 2.35. The zero-order chi connectivity index (χ0) is 21.1. The van der Waals surface area contributed by atoms with Crippen molar-refractivity contribution in [2.75, 3.05) is 12.4 Å². The molecular weight excluding hydrogens is 383 g/mol. The van der Waals surface area contributed by atoms with E-state index in [2.05, 4.69) is 30.9 Å². The number of imidazole rings is 1. The number of nitriles is 1. The van der Waals surface area contributed by atoms with Crippen LogP contribution in [0.2, 0.25) is 0 Å². The molecule has 2 aromatic heterocycles. The standard InChI is InChI=1S/C22H23FN6O/c1-25-18-8-13-26-21(28-18)20-19(15-2-4-16(23)5-3-15)27-14-29(20)17-6-9-22(30,10-7-17)11-12-24/h2-5,8,13-14,17,30H,6-7,9-11H2,1H3,(H,25,26,28). The molecule has 4 rings (SSSR count). The lowest BCUT2D eigenvalue weighted by molar-refractivity contribution is -0.00306. The van der Waals surface area contributed by atoms with Gasteiger partial charge in [-0.3, -0.25) is 0 Å². The second-order valence-electron chi connectivity index (χ2n) is 7.66. The minimum Gasteiger partial charge on any atom is -0.389 e. The van der Waals surface area contributed by atoms with Crippen molar-refractivity contribution >= 4 is 5.82 Å². The fraction of sp³-hybridized carbons (Fsp3) is 0.364. The summed E-state index contributed by atoms with van der Waals surface area (Å²) in [5, 5.41) is 22.6. The first-order chi connectivity index (χ1) is 14.5. The molecule has 3 aromatic rings. The van der Waals surface area contributed by atoms with Crippen molar-refractivity contribution in [3.63, 3.8) is 0 Å². The maximum Gasteiger partial charge on any atom is 0.180 e. The number of nitrogens with one attached hydrogen (secondary N) is 1. The van der Waals surface area contributed by atoms with Gasteiger partial charge < -0.3 is 15.0 Å². The number of aliphatic hydroxyl groups is 1. The van der Waals surface area contributed by atoms with Gasteiger partial charge in [0.1, 0.15) is 17.3 Å². The summed E-state index contributed by atoms with van der Waals surface area (Å²) in [6, 6.07) is 10.2. The number of aromatic nitrogens is 4. The summed E-state index contributed by atoms with van der Waals surface area (Å²) in [5.41, 5.74) is 1.30. The Hall–Kier alpha value is -3.31. The molecule has 0 radical (unpaired) electrons. The molecule has 30 heavy (non-hydrogen) atoms. The Labute approximate surface area is 174 Å². The number of hydrogen-bond donors (Lipinski definition) is 2. The normalized spacial score (nSPS) is 21.2. The molecule has 1 saturated carbocycles. The highest BCUT2D eigenvalue weighted by Crippen LogP contribution is 2.40. The molecule has 0 saturated heterocycles. The van der Waals surface area contributed by atoms with E-state index in [-0.39, 0.29) is 18.3 Å². The lowest BCUT2D eigenvalue weighted by atomic mass is 9.80. The summed E-state index contributed by atoms with van der Waals surface area (Å²) >= 11 is 0. The van der Waals surface area contributed by atoms with Crippen molar-refractivity contribution in [2.24, 2.45) is 0 Å². The molecule has 1 aliphatic carbocycles. The predicted molar refractivity (Wildman–Crippen MR) is 111 cm³/mol. The monoisotopic (exact) mass is 406 g/mol. The molecule has 7 nitrogen and oxygen atoms in total. The Morgan fingerprint density at radius 1 is 1.23 bits per heavy atom. The maximum atomic E-state index is 13.5. The summed E-state index contributed by atoms with van der Waals surface area (Å²) in [5.74, 6) is 0.901. The molecule has 0 spiro atoms. The number of halogens is 1. The van der Waals surface area contributed by atoms with Crippen molar-refractivity contribution < 1.29 is 9.50 Å². The fourth-order valence-electron chi connectivity index (χ4n) is 4.03. The van der Waals surface area contributed by atoms with E-state index in [1.54, 1.807) is 37.8 Å². The van der Waals surface area contributed by atoms with Crippen LogP contribution in [0.25, 0.3) is 22.8 Å². The highest BCUT2D eigenvalue weighted by molar-refractivity contribution is 5.75. The Morgan fingerprint density at radius 2 is 1.97 bits per heavy atom. The molecule has 0 unspecified atom stereocenters. The molecular formula is C22H23FN6O. The van der Waals surface area contributed by atoms with Gasteiger partial charge in [-0.15, -0.1) is 0 Å². The van der Waals surface area contributed by atoms with Gasteiger partial charge in [0.2, 0.25) is 0 Å². The van der Waals surface area contributed by atoms with Crippen LogP contribution in [0, 0.1) is 17.1 Å². The first kappa shape index (κ1) is 20.0. The van der Waals surface area contributed by atoms with Gasteiger partial charge in [-0.1, -0.05) is 0 Å². The van der Waals surface area contributed by atoms with E-state index in [0.717, 1.165) is 24.1 Å². The largest absolute Gasteiger partial charge is 0.389 e. The molecule has 2 heterocycles. The van der Waals surface area contributed by atoms with Crippen LogP contribution >= 0.6 is 0 Å². The lowest BCUT2D eigenvalue weighted by Gasteiger charge is -2.35. The highest BCUT2D eigenvalue weighted by atomic mass is 19.1. The number of hydrogen-bond acceptors (Lipinski definition) is 6. The van der Waals surface area contributed by atoms with Crippen LogP contribution in [-0.4, -0.2) is 37.3 Å². The summed E-state index contributed by atoms with van der Waals surface area (Å²) in [7, 11) is 1.79. The third-order valence-electron chi connectivity index (χ3n) is 5.72. The molecule has 0 amide bonds. The van der Waals surface area contributed by atoms with Crippen molar-refractivity contribution in [1.82, 2.24) is 19.5 Å². The number of benzene rings is 1. The molecule has 154 valence electrons. The van der Waals surface area contributed by atoms with Gasteiger partial charge in [0.25, 0.3) is 0 Å². The zero-order valence-corrected chi connectivity index (χ0v) is 16.7. The van der Waals surface area contributed by atoms with Gasteiger partial charge in [0.05, 0.1) is 30.1 Å². The van der Waals surface area contributed by atoms with Gasteiger partial charge in [0, 0.05) is 24.8 Å². The first-order valence-electron chi connectivity index (χ1n) is 9.96. The van der Waals surface area contributed by atoms with E-state index < -0.39 is 5.60 Å². The van der Waals surface area contributed by atoms with Crippen molar-refractivity contribution in [1.29, 1.82) is 5.26 Å². The molecule has 0 atom stereocenters. The van der Waals surface area contributed by atoms with Gasteiger partial charge in [0.15, 0.2) is 5.82 Å². The fourth-order valence-corrected chi connectivity index (χ4v) is 4.03. The van der Waals surface area contributed by atoms with Crippen LogP contribution in [0.3, 0.4) is 0 Å². The Balaban J connectivity index is 1.76. The summed E-state index contributed by atoms with van der Waals surface area (Å²) in [4.78, 5) is 13.7. The topological polar surface area (TPSA) is 99.6 Å². The molecule has 8 heteroatoms. The van der Waals surface area contributed by atoms with Crippen molar-refractivity contribution in [3.8, 4) is 28.8 Å². The van der Waals surface area contributed by atoms with Crippen LogP contribution in [0.15, 0.2) is 42.9 Å². The molecule has 0 bridgehead atoms. The van der Waals surface area contributed by atoms with E-state index in [1.165, 1.54) is 12.1 Å². The Morgan fingerprint density at radius 3 is 2.63 bits per heavy atom. The lowest BCUT2D eigenvalue weighted by Crippen LogP contribution is -2.34. The van der Waals surface area contributed by atoms with Gasteiger partial charge in [-0.25, -0.2) is 19.3 Å². The summed E-state index contributed by atoms with van der Waals surface area (Å²) in [6.45, 7) is 0. The van der Waals surface area contributed by atoms with E-state index in [4.69, 9.17) is 5.26 Å². The molecule has 1 fully saturated rings. The minimum atomic E-state index is -0.922. The molecule has 1 aromatic carbocycles. The van der Waals surface area contributed by atoms with Crippen LogP contribution < -0.4 is 5.32 Å². The van der Waals surface area contributed by atoms with E-state index in [1.807, 2.05) is 0 Å². The number of rotatable bonds is 5. The third kappa shape index (κ3) is 3.89. The zero-order valence-electron chi connectivity index (χ0n) is 16.7. The SMILES string of the molecule is CNc1ccnc(-c2c(-c3ccc(F)cc3)ncn2C2CCC(O)(CC#N)CC2)n1. The van der Waals surface area contributed by atoms with Crippen LogP contribution in [0.5, 0.6) is 0 Å². The molecule has 0 aliphatic heterocycles. The summed E-state index contributed by atoms with van der Waals surface area (Å²) < 4.78 is 15.5. The van der Waals surface area contributed by atoms with Crippen LogP contribution in [0.1, 0.15) is 38.1 Å². The predicted octanol–water partition coefficient (Wildman–Crippen LogP) is 3.95. The van der Waals surface area contributed by atoms with E-state index in [0.29, 0.717) is 30.2 Å². The van der Waals surface area contributed by atoms with E-state index >= 15 is 0 Å². The van der Waals surface area contributed by atoms with Gasteiger partial charge in [-0.2, -0.15) is 5.26 Å². The smallest absolute Gasteiger partial charge is 0.180 e. The molecule has 1 aliphatic rings. The molecule has 2 N–H and O–H groups in total. The quantitative estimate of drug-likeness (QED) is 0.666. The van der Waals surface area contributed by atoms with Crippen molar-refractivity contribution in [2.45, 2.75) is 43.7 Å². The first-order valence-corrected chi connectivity index (χ1v) is 9.96. The average Bonchev–Trinajstić information content (AvgIpc) is 3.20. The summed E-state index contributed by atoms with van der Waals surface area (Å²) in [6.07, 6.45) is 6.13. The maximum absolute atomic E-state index is 13.5. The van der Waals surface area contributed by atoms with Crippen LogP contribution in [-0.2, 0) is 0 Å². The Bertz CT molecular complexity index is 1060. The van der Waals surface area contributed by atoms with Gasteiger partial charge in [-0.05, 0) is 56.0 Å². The van der Waals surface area contributed by atoms with E-state index in [9.17, 15) is 9.50 Å². The third-order valence-corrected chi connectivity index (χ3v) is 5.72. The average molecular weight is 406 g/mol. The van der Waals surface area contributed by atoms with Gasteiger partial charge >= 0.3 is 0 Å². The number of anilines is 1. The second-order valence-corrected chi connectivity index (χ2v) is 7.66. The second kappa shape index (κ2) is 8.20. The number of nitrogens with zero attached hydrogens (tertiary/aromatic N) is 5. The Kier molecular flexibility index (Phi) is 5.46.